The molecule has 348 valence electrons. The highest BCUT2D eigenvalue weighted by Crippen LogP contribution is 2.64. The van der Waals surface area contributed by atoms with Crippen LogP contribution in [-0.2, 0) is 5.41 Å². The minimum atomic E-state index is -0.433. The first-order valence-electron chi connectivity index (χ1n) is 25.5. The third-order valence-electron chi connectivity index (χ3n) is 15.8. The maximum atomic E-state index is 6.67. The summed E-state index contributed by atoms with van der Waals surface area (Å²) in [6.07, 6.45) is 0. The normalized spacial score (nSPS) is 12.9. The Morgan fingerprint density at radius 3 is 1.55 bits per heavy atom. The van der Waals surface area contributed by atoms with Crippen LogP contribution in [0.2, 0.25) is 0 Å². The molecule has 11 aromatic carbocycles. The van der Waals surface area contributed by atoms with Gasteiger partial charge >= 0.3 is 0 Å². The Labute approximate surface area is 436 Å². The zero-order valence-corrected chi connectivity index (χ0v) is 41.1. The molecular formula is C70H41N3OS. The number of nitrogens with zero attached hydrogens (tertiary/aromatic N) is 3. The van der Waals surface area contributed by atoms with Crippen molar-refractivity contribution in [3.05, 3.63) is 271 Å². The number of aromatic nitrogens is 3. The molecule has 0 saturated heterocycles. The Kier molecular flexibility index (Phi) is 9.09. The fraction of sp³-hybridized carbons (Fsp3) is 0.0143. The fourth-order valence-electron chi connectivity index (χ4n) is 12.6. The zero-order valence-electron chi connectivity index (χ0n) is 40.3. The molecule has 0 unspecified atom stereocenters. The largest absolute Gasteiger partial charge is 0.456 e. The van der Waals surface area contributed by atoms with E-state index in [0.29, 0.717) is 17.5 Å². The van der Waals surface area contributed by atoms with Gasteiger partial charge in [-0.25, -0.2) is 15.0 Å². The van der Waals surface area contributed by atoms with Gasteiger partial charge in [0.25, 0.3) is 0 Å². The smallest absolute Gasteiger partial charge is 0.164 e. The van der Waals surface area contributed by atoms with E-state index < -0.39 is 5.41 Å². The van der Waals surface area contributed by atoms with Crippen LogP contribution in [0.5, 0.6) is 0 Å². The van der Waals surface area contributed by atoms with Crippen molar-refractivity contribution >= 4 is 53.4 Å². The summed E-state index contributed by atoms with van der Waals surface area (Å²) >= 11 is 1.79. The lowest BCUT2D eigenvalue weighted by molar-refractivity contribution is 0.669. The minimum absolute atomic E-state index is 0.433. The van der Waals surface area contributed by atoms with E-state index in [9.17, 15) is 0 Å². The molecule has 0 aliphatic heterocycles. The van der Waals surface area contributed by atoms with Crippen molar-refractivity contribution in [2.45, 2.75) is 5.41 Å². The van der Waals surface area contributed by atoms with Gasteiger partial charge in [0.15, 0.2) is 17.5 Å². The van der Waals surface area contributed by atoms with Gasteiger partial charge in [-0.2, -0.15) is 0 Å². The quantitative estimate of drug-likeness (QED) is 0.167. The van der Waals surface area contributed by atoms with E-state index in [-0.39, 0.29) is 0 Å². The molecule has 0 amide bonds. The molecule has 3 aromatic heterocycles. The second kappa shape index (κ2) is 16.2. The summed E-state index contributed by atoms with van der Waals surface area (Å²) in [6.45, 7) is 0. The van der Waals surface area contributed by atoms with E-state index in [4.69, 9.17) is 19.4 Å². The maximum absolute atomic E-state index is 6.67. The Bertz CT molecular complexity index is 4600. The Hall–Kier alpha value is -9.55. The van der Waals surface area contributed by atoms with E-state index in [1.807, 2.05) is 18.2 Å². The SMILES string of the molecule is c1ccc(-c2cccc(-c3nc(-c4cccc5oc6ccc(-c7ccc(-c8cccc9c8C8(c%10ccccc%10-c%10ccccc%108)c8ccccc8-9)cc7)cc6c45)nc(-c4cccc5sc6ccccc6c45)n3)c2)cc1. The third kappa shape index (κ3) is 6.19. The number of furan rings is 1. The number of rotatable bonds is 6. The van der Waals surface area contributed by atoms with Crippen LogP contribution in [0.15, 0.2) is 253 Å². The number of fused-ring (bicyclic) bond motifs is 16. The van der Waals surface area contributed by atoms with Gasteiger partial charge in [0.05, 0.1) is 5.41 Å². The predicted molar refractivity (Wildman–Crippen MR) is 309 cm³/mol. The summed E-state index contributed by atoms with van der Waals surface area (Å²) in [5.41, 5.74) is 21.4. The summed E-state index contributed by atoms with van der Waals surface area (Å²) in [5, 5.41) is 4.31. The molecule has 0 saturated carbocycles. The predicted octanol–water partition coefficient (Wildman–Crippen LogP) is 18.5. The molecule has 16 rings (SSSR count). The summed E-state index contributed by atoms with van der Waals surface area (Å²) < 4.78 is 9.09. The summed E-state index contributed by atoms with van der Waals surface area (Å²) in [7, 11) is 0. The molecule has 0 radical (unpaired) electrons. The van der Waals surface area contributed by atoms with Crippen molar-refractivity contribution in [1.82, 2.24) is 15.0 Å². The van der Waals surface area contributed by atoms with Crippen LogP contribution in [0.25, 0.3) is 132 Å². The van der Waals surface area contributed by atoms with Crippen LogP contribution in [0, 0.1) is 0 Å². The van der Waals surface area contributed by atoms with Crippen LogP contribution in [0.1, 0.15) is 22.3 Å². The van der Waals surface area contributed by atoms with Crippen molar-refractivity contribution in [2.75, 3.05) is 0 Å². The molecule has 0 bridgehead atoms. The number of hydrogen-bond acceptors (Lipinski definition) is 5. The first kappa shape index (κ1) is 42.0. The summed E-state index contributed by atoms with van der Waals surface area (Å²) in [5.74, 6) is 1.82. The van der Waals surface area contributed by atoms with Gasteiger partial charge in [-0.05, 0) is 114 Å². The Morgan fingerprint density at radius 2 is 0.787 bits per heavy atom. The van der Waals surface area contributed by atoms with Crippen LogP contribution in [0.4, 0.5) is 0 Å². The molecule has 2 aliphatic rings. The van der Waals surface area contributed by atoms with Gasteiger partial charge in [-0.3, -0.25) is 0 Å². The van der Waals surface area contributed by atoms with Crippen LogP contribution < -0.4 is 0 Å². The van der Waals surface area contributed by atoms with E-state index in [1.54, 1.807) is 11.3 Å². The molecular weight excluding hydrogens is 931 g/mol. The molecule has 4 nitrogen and oxygen atoms in total. The van der Waals surface area contributed by atoms with Gasteiger partial charge < -0.3 is 4.42 Å². The monoisotopic (exact) mass is 971 g/mol. The molecule has 0 N–H and O–H groups in total. The number of benzene rings is 11. The topological polar surface area (TPSA) is 51.8 Å². The van der Waals surface area contributed by atoms with Crippen molar-refractivity contribution < 1.29 is 4.42 Å². The maximum Gasteiger partial charge on any atom is 0.164 e. The molecule has 0 atom stereocenters. The van der Waals surface area contributed by atoms with Crippen molar-refractivity contribution in [3.8, 4) is 89.8 Å². The molecule has 14 aromatic rings. The third-order valence-corrected chi connectivity index (χ3v) is 16.9. The fourth-order valence-corrected chi connectivity index (χ4v) is 13.7. The molecule has 3 heterocycles. The minimum Gasteiger partial charge on any atom is -0.456 e. The highest BCUT2D eigenvalue weighted by Gasteiger charge is 2.52. The molecule has 2 aliphatic carbocycles. The zero-order chi connectivity index (χ0) is 49.2. The number of hydrogen-bond donors (Lipinski definition) is 0. The first-order valence-corrected chi connectivity index (χ1v) is 26.3. The highest BCUT2D eigenvalue weighted by molar-refractivity contribution is 7.25. The lowest BCUT2D eigenvalue weighted by Crippen LogP contribution is -2.26. The van der Waals surface area contributed by atoms with Gasteiger partial charge in [-0.15, -0.1) is 11.3 Å². The van der Waals surface area contributed by atoms with Gasteiger partial charge in [0, 0.05) is 47.6 Å². The Morgan fingerprint density at radius 1 is 0.293 bits per heavy atom. The van der Waals surface area contributed by atoms with Gasteiger partial charge in [0.1, 0.15) is 11.2 Å². The van der Waals surface area contributed by atoms with Gasteiger partial charge in [-0.1, -0.05) is 212 Å². The first-order chi connectivity index (χ1) is 37.2. The summed E-state index contributed by atoms with van der Waals surface area (Å²) in [6, 6.07) is 89.8. The highest BCUT2D eigenvalue weighted by atomic mass is 32.1. The van der Waals surface area contributed by atoms with Gasteiger partial charge in [0.2, 0.25) is 0 Å². The molecule has 5 heteroatoms. The lowest BCUT2D eigenvalue weighted by atomic mass is 9.68. The molecule has 1 spiro atoms. The molecule has 75 heavy (non-hydrogen) atoms. The average Bonchev–Trinajstić information content (AvgIpc) is 4.24. The second-order valence-corrected chi connectivity index (χ2v) is 20.8. The second-order valence-electron chi connectivity index (χ2n) is 19.7. The van der Waals surface area contributed by atoms with Crippen molar-refractivity contribution in [2.24, 2.45) is 0 Å². The van der Waals surface area contributed by atoms with Crippen LogP contribution in [-0.4, -0.2) is 15.0 Å². The Balaban J connectivity index is 0.840. The molecule has 0 fully saturated rings. The van der Waals surface area contributed by atoms with E-state index >= 15 is 0 Å². The standard InChI is InChI=1S/C70H41N3OS/c1-2-16-42(17-3-1)45-18-12-19-47(40-45)67-71-68(73-69(72-67)55-27-15-33-63-65(55)53-23-7-11-32-62(53)75-63)54-26-14-31-61-64(54)56-41-46(38-39-60(56)74-61)43-34-36-44(37-35-43)48-24-13-25-52-51-22-6-10-30-59(51)70(66(48)52)57-28-8-4-20-49(57)50-21-5-9-29-58(50)70/h1-41H. The van der Waals surface area contributed by atoms with E-state index in [0.717, 1.165) is 66.3 Å². The van der Waals surface area contributed by atoms with Crippen molar-refractivity contribution in [3.63, 3.8) is 0 Å². The van der Waals surface area contributed by atoms with Crippen LogP contribution >= 0.6 is 11.3 Å². The average molecular weight is 972 g/mol. The number of thiophene rings is 1. The summed E-state index contributed by atoms with van der Waals surface area (Å²) in [4.78, 5) is 16.1. The van der Waals surface area contributed by atoms with Crippen LogP contribution in [0.3, 0.4) is 0 Å². The van der Waals surface area contributed by atoms with E-state index in [1.165, 1.54) is 70.4 Å². The van der Waals surface area contributed by atoms with Crippen molar-refractivity contribution in [1.29, 1.82) is 0 Å². The van der Waals surface area contributed by atoms with E-state index in [2.05, 4.69) is 231 Å². The lowest BCUT2D eigenvalue weighted by Gasteiger charge is -2.32.